The quantitative estimate of drug-likeness (QED) is 0.888. The number of nitrogens with zero attached hydrogens (tertiary/aromatic N) is 3. The van der Waals surface area contributed by atoms with Gasteiger partial charge in [-0.1, -0.05) is 0 Å². The lowest BCUT2D eigenvalue weighted by Gasteiger charge is -1.99. The molecule has 0 aliphatic rings. The molecule has 0 unspecified atom stereocenters. The Kier molecular flexibility index (Phi) is 2.94. The van der Waals surface area contributed by atoms with Crippen molar-refractivity contribution >= 4 is 27.9 Å². The third-order valence-electron chi connectivity index (χ3n) is 1.88. The van der Waals surface area contributed by atoms with Gasteiger partial charge >= 0.3 is 0 Å². The SMILES string of the molecule is Cc1nsc(NCc2cncs2)c1C#N. The first-order valence-corrected chi connectivity index (χ1v) is 5.94. The van der Waals surface area contributed by atoms with E-state index in [0.717, 1.165) is 15.6 Å². The molecular formula is C9H8N4S2. The minimum atomic E-state index is 0.643. The number of thiazole rings is 1. The number of hydrogen-bond acceptors (Lipinski definition) is 6. The first kappa shape index (κ1) is 10.1. The van der Waals surface area contributed by atoms with Gasteiger partial charge in [0.2, 0.25) is 0 Å². The van der Waals surface area contributed by atoms with E-state index in [9.17, 15) is 0 Å². The smallest absolute Gasteiger partial charge is 0.128 e. The summed E-state index contributed by atoms with van der Waals surface area (Å²) < 4.78 is 4.13. The zero-order valence-corrected chi connectivity index (χ0v) is 9.65. The van der Waals surface area contributed by atoms with Crippen LogP contribution in [0.2, 0.25) is 0 Å². The molecule has 0 saturated carbocycles. The maximum absolute atomic E-state index is 8.91. The highest BCUT2D eigenvalue weighted by molar-refractivity contribution is 7.10. The normalized spacial score (nSPS) is 9.87. The molecule has 2 rings (SSSR count). The Morgan fingerprint density at radius 1 is 1.60 bits per heavy atom. The summed E-state index contributed by atoms with van der Waals surface area (Å²) >= 11 is 2.91. The van der Waals surface area contributed by atoms with Crippen LogP contribution in [0.15, 0.2) is 11.7 Å². The van der Waals surface area contributed by atoms with Gasteiger partial charge in [-0.15, -0.1) is 11.3 Å². The molecule has 6 heteroatoms. The van der Waals surface area contributed by atoms with Crippen molar-refractivity contribution in [2.24, 2.45) is 0 Å². The van der Waals surface area contributed by atoms with Gasteiger partial charge in [-0.25, -0.2) is 0 Å². The lowest BCUT2D eigenvalue weighted by Crippen LogP contribution is -1.97. The van der Waals surface area contributed by atoms with Crippen LogP contribution in [0, 0.1) is 18.3 Å². The Hall–Kier alpha value is -1.45. The summed E-state index contributed by atoms with van der Waals surface area (Å²) in [6.45, 7) is 2.54. The van der Waals surface area contributed by atoms with Crippen LogP contribution in [0.1, 0.15) is 16.1 Å². The van der Waals surface area contributed by atoms with Gasteiger partial charge in [-0.05, 0) is 18.5 Å². The minimum absolute atomic E-state index is 0.643. The monoisotopic (exact) mass is 236 g/mol. The van der Waals surface area contributed by atoms with Crippen LogP contribution in [0.3, 0.4) is 0 Å². The van der Waals surface area contributed by atoms with Crippen LogP contribution in [-0.4, -0.2) is 9.36 Å². The Labute approximate surface area is 95.4 Å². The fraction of sp³-hybridized carbons (Fsp3) is 0.222. The maximum atomic E-state index is 8.91. The van der Waals surface area contributed by atoms with Gasteiger partial charge in [-0.2, -0.15) is 9.64 Å². The van der Waals surface area contributed by atoms with Crippen LogP contribution in [-0.2, 0) is 6.54 Å². The molecule has 0 atom stereocenters. The van der Waals surface area contributed by atoms with E-state index in [1.807, 2.05) is 13.1 Å². The molecule has 0 aromatic carbocycles. The number of aryl methyl sites for hydroxylation is 1. The van der Waals surface area contributed by atoms with E-state index in [-0.39, 0.29) is 0 Å². The van der Waals surface area contributed by atoms with E-state index < -0.39 is 0 Å². The molecule has 0 radical (unpaired) electrons. The molecule has 0 saturated heterocycles. The van der Waals surface area contributed by atoms with Crippen molar-refractivity contribution in [1.82, 2.24) is 9.36 Å². The average molecular weight is 236 g/mol. The van der Waals surface area contributed by atoms with E-state index in [1.165, 1.54) is 11.5 Å². The predicted molar refractivity (Wildman–Crippen MR) is 61.0 cm³/mol. The van der Waals surface area contributed by atoms with E-state index in [0.29, 0.717) is 12.1 Å². The molecule has 0 aliphatic heterocycles. The second-order valence-corrected chi connectivity index (χ2v) is 4.65. The standard InChI is InChI=1S/C9H8N4S2/c1-6-8(2-10)9(15-13-6)12-4-7-3-11-5-14-7/h3,5,12H,4H2,1H3. The number of nitriles is 1. The Bertz CT molecular complexity index is 481. The van der Waals surface area contributed by atoms with Crippen molar-refractivity contribution in [2.75, 3.05) is 5.32 Å². The molecule has 0 bridgehead atoms. The molecule has 2 aromatic heterocycles. The molecule has 4 nitrogen and oxygen atoms in total. The average Bonchev–Trinajstić information content (AvgIpc) is 2.84. The first-order valence-electron chi connectivity index (χ1n) is 4.29. The highest BCUT2D eigenvalue weighted by Gasteiger charge is 2.09. The van der Waals surface area contributed by atoms with Crippen LogP contribution < -0.4 is 5.32 Å². The maximum Gasteiger partial charge on any atom is 0.128 e. The van der Waals surface area contributed by atoms with Gasteiger partial charge in [0.1, 0.15) is 16.6 Å². The largest absolute Gasteiger partial charge is 0.370 e. The van der Waals surface area contributed by atoms with Gasteiger partial charge in [0.25, 0.3) is 0 Å². The van der Waals surface area contributed by atoms with Crippen molar-refractivity contribution < 1.29 is 0 Å². The summed E-state index contributed by atoms with van der Waals surface area (Å²) in [6.07, 6.45) is 1.82. The summed E-state index contributed by atoms with van der Waals surface area (Å²) in [5.41, 5.74) is 3.22. The number of anilines is 1. The van der Waals surface area contributed by atoms with E-state index in [4.69, 9.17) is 5.26 Å². The number of hydrogen-bond donors (Lipinski definition) is 1. The van der Waals surface area contributed by atoms with Gasteiger partial charge in [0, 0.05) is 11.1 Å². The molecule has 76 valence electrons. The Balaban J connectivity index is 2.09. The molecular weight excluding hydrogens is 228 g/mol. The Morgan fingerprint density at radius 2 is 2.47 bits per heavy atom. The molecule has 0 fully saturated rings. The van der Waals surface area contributed by atoms with Crippen molar-refractivity contribution in [2.45, 2.75) is 13.5 Å². The highest BCUT2D eigenvalue weighted by atomic mass is 32.1. The topological polar surface area (TPSA) is 61.6 Å². The van der Waals surface area contributed by atoms with E-state index >= 15 is 0 Å². The zero-order chi connectivity index (χ0) is 10.7. The molecule has 0 amide bonds. The van der Waals surface area contributed by atoms with Crippen molar-refractivity contribution in [3.63, 3.8) is 0 Å². The summed E-state index contributed by atoms with van der Waals surface area (Å²) in [4.78, 5) is 5.13. The predicted octanol–water partition coefficient (Wildman–Crippen LogP) is 2.39. The third kappa shape index (κ3) is 2.14. The van der Waals surface area contributed by atoms with Gasteiger partial charge in [-0.3, -0.25) is 4.98 Å². The number of nitrogens with one attached hydrogen (secondary N) is 1. The lowest BCUT2D eigenvalue weighted by molar-refractivity contribution is 1.18. The fourth-order valence-corrected chi connectivity index (χ4v) is 2.39. The molecule has 2 aromatic rings. The van der Waals surface area contributed by atoms with Gasteiger partial charge in [0.15, 0.2) is 0 Å². The Morgan fingerprint density at radius 3 is 3.13 bits per heavy atom. The molecule has 2 heterocycles. The first-order chi connectivity index (χ1) is 7.31. The number of rotatable bonds is 3. The summed E-state index contributed by atoms with van der Waals surface area (Å²) in [6, 6.07) is 2.15. The number of aromatic nitrogens is 2. The summed E-state index contributed by atoms with van der Waals surface area (Å²) in [5.74, 6) is 0. The van der Waals surface area contributed by atoms with Crippen molar-refractivity contribution in [3.8, 4) is 6.07 Å². The van der Waals surface area contributed by atoms with Crippen LogP contribution in [0.5, 0.6) is 0 Å². The van der Waals surface area contributed by atoms with Crippen LogP contribution in [0.4, 0.5) is 5.00 Å². The summed E-state index contributed by atoms with van der Waals surface area (Å²) in [5, 5.41) is 12.9. The molecule has 0 aliphatic carbocycles. The van der Waals surface area contributed by atoms with E-state index in [2.05, 4.69) is 20.7 Å². The second-order valence-electron chi connectivity index (χ2n) is 2.91. The van der Waals surface area contributed by atoms with Crippen LogP contribution >= 0.6 is 22.9 Å². The fourth-order valence-electron chi connectivity index (χ4n) is 1.12. The summed E-state index contributed by atoms with van der Waals surface area (Å²) in [7, 11) is 0. The second kappa shape index (κ2) is 4.38. The lowest BCUT2D eigenvalue weighted by atomic mass is 10.3. The molecule has 15 heavy (non-hydrogen) atoms. The minimum Gasteiger partial charge on any atom is -0.370 e. The molecule has 0 spiro atoms. The van der Waals surface area contributed by atoms with Gasteiger partial charge < -0.3 is 5.32 Å². The van der Waals surface area contributed by atoms with Gasteiger partial charge in [0.05, 0.1) is 17.7 Å². The zero-order valence-electron chi connectivity index (χ0n) is 8.02. The van der Waals surface area contributed by atoms with Crippen molar-refractivity contribution in [3.05, 3.63) is 27.8 Å². The highest BCUT2D eigenvalue weighted by Crippen LogP contribution is 2.24. The van der Waals surface area contributed by atoms with Crippen molar-refractivity contribution in [1.29, 1.82) is 5.26 Å². The van der Waals surface area contributed by atoms with Crippen LogP contribution in [0.25, 0.3) is 0 Å². The molecule has 1 N–H and O–H groups in total. The van der Waals surface area contributed by atoms with E-state index in [1.54, 1.807) is 16.8 Å². The third-order valence-corrected chi connectivity index (χ3v) is 3.56.